The van der Waals surface area contributed by atoms with Gasteiger partial charge in [-0.3, -0.25) is 9.69 Å². The van der Waals surface area contributed by atoms with Gasteiger partial charge in [0.25, 0.3) is 5.91 Å². The lowest BCUT2D eigenvalue weighted by Crippen LogP contribution is -2.27. The molecule has 0 aliphatic carbocycles. The van der Waals surface area contributed by atoms with Crippen LogP contribution in [0.3, 0.4) is 0 Å². The van der Waals surface area contributed by atoms with Gasteiger partial charge in [-0.15, -0.1) is 0 Å². The molecule has 0 N–H and O–H groups in total. The number of hydrogen-bond donors (Lipinski definition) is 0. The molecule has 124 valence electrons. The molecular formula is C16H18INO3S2. The molecule has 1 heterocycles. The largest absolute Gasteiger partial charge is 0.493 e. The second-order valence-corrected chi connectivity index (χ2v) is 7.96. The van der Waals surface area contributed by atoms with Crippen molar-refractivity contribution in [2.45, 2.75) is 26.9 Å². The van der Waals surface area contributed by atoms with Crippen molar-refractivity contribution in [1.82, 2.24) is 4.90 Å². The van der Waals surface area contributed by atoms with Gasteiger partial charge in [0.05, 0.1) is 21.7 Å². The molecule has 0 atom stereocenters. The maximum absolute atomic E-state index is 12.3. The molecule has 0 saturated carbocycles. The summed E-state index contributed by atoms with van der Waals surface area (Å²) in [5.41, 5.74) is 0.888. The molecule has 7 heteroatoms. The van der Waals surface area contributed by atoms with Crippen LogP contribution in [0.5, 0.6) is 11.5 Å². The monoisotopic (exact) mass is 463 g/mol. The fourth-order valence-electron chi connectivity index (χ4n) is 2.10. The number of methoxy groups -OCH3 is 1. The van der Waals surface area contributed by atoms with Crippen molar-refractivity contribution < 1.29 is 14.3 Å². The van der Waals surface area contributed by atoms with E-state index in [1.165, 1.54) is 11.8 Å². The smallest absolute Gasteiger partial charge is 0.266 e. The number of likely N-dealkylation sites (N-methyl/N-ethyl adjacent to an activating group) is 1. The molecule has 0 spiro atoms. The van der Waals surface area contributed by atoms with E-state index in [2.05, 4.69) is 22.6 Å². The molecule has 1 fully saturated rings. The Morgan fingerprint density at radius 3 is 2.65 bits per heavy atom. The van der Waals surface area contributed by atoms with Crippen LogP contribution in [0.2, 0.25) is 0 Å². The zero-order valence-corrected chi connectivity index (χ0v) is 17.2. The molecule has 1 aromatic carbocycles. The number of benzene rings is 1. The number of halogens is 1. The highest BCUT2D eigenvalue weighted by atomic mass is 127. The fraction of sp³-hybridized carbons (Fsp3) is 0.375. The molecule has 1 amide bonds. The van der Waals surface area contributed by atoms with E-state index in [1.807, 2.05) is 39.0 Å². The molecule has 1 aromatic rings. The SMILES string of the molecule is CCN1C(=O)C(=Cc2cc(I)c(OC(C)C)c(OC)c2)SC1=S. The Hall–Kier alpha value is -0.800. The van der Waals surface area contributed by atoms with Crippen LogP contribution in [0.15, 0.2) is 17.0 Å². The fourth-order valence-corrected chi connectivity index (χ4v) is 4.23. The standard InChI is InChI=1S/C16H18INO3S2/c1-5-18-15(19)13(23-16(18)22)8-10-6-11(17)14(21-9(2)3)12(7-10)20-4/h6-9H,5H2,1-4H3. The summed E-state index contributed by atoms with van der Waals surface area (Å²) in [5.74, 6) is 1.34. The minimum Gasteiger partial charge on any atom is -0.493 e. The van der Waals surface area contributed by atoms with Gasteiger partial charge in [0.2, 0.25) is 0 Å². The molecule has 1 aliphatic rings. The van der Waals surface area contributed by atoms with Crippen molar-refractivity contribution in [2.24, 2.45) is 0 Å². The zero-order valence-electron chi connectivity index (χ0n) is 13.4. The second-order valence-electron chi connectivity index (χ2n) is 5.13. The van der Waals surface area contributed by atoms with Crippen LogP contribution in [0, 0.1) is 3.57 Å². The number of thioether (sulfide) groups is 1. The van der Waals surface area contributed by atoms with Gasteiger partial charge in [0, 0.05) is 6.54 Å². The Bertz CT molecular complexity index is 674. The lowest BCUT2D eigenvalue weighted by Gasteiger charge is -2.16. The number of carbonyl (C=O) groups is 1. The van der Waals surface area contributed by atoms with Crippen LogP contribution in [-0.4, -0.2) is 34.9 Å². The summed E-state index contributed by atoms with van der Waals surface area (Å²) in [6, 6.07) is 3.84. The number of carbonyl (C=O) groups excluding carboxylic acids is 1. The first-order valence-electron chi connectivity index (χ1n) is 7.16. The first-order valence-corrected chi connectivity index (χ1v) is 9.47. The summed E-state index contributed by atoms with van der Waals surface area (Å²) in [5, 5.41) is 0. The minimum absolute atomic E-state index is 0.0426. The van der Waals surface area contributed by atoms with Crippen molar-refractivity contribution in [3.8, 4) is 11.5 Å². The lowest BCUT2D eigenvalue weighted by atomic mass is 10.2. The van der Waals surface area contributed by atoms with Crippen LogP contribution in [0.25, 0.3) is 6.08 Å². The van der Waals surface area contributed by atoms with E-state index in [0.717, 1.165) is 14.9 Å². The normalized spacial score (nSPS) is 16.6. The average molecular weight is 463 g/mol. The number of amides is 1. The van der Waals surface area contributed by atoms with Gasteiger partial charge in [-0.2, -0.15) is 0 Å². The zero-order chi connectivity index (χ0) is 17.1. The number of nitrogens with zero attached hydrogens (tertiary/aromatic N) is 1. The summed E-state index contributed by atoms with van der Waals surface area (Å²) in [6.45, 7) is 6.45. The summed E-state index contributed by atoms with van der Waals surface area (Å²) in [4.78, 5) is 14.5. The minimum atomic E-state index is -0.0426. The van der Waals surface area contributed by atoms with Gasteiger partial charge < -0.3 is 9.47 Å². The van der Waals surface area contributed by atoms with Crippen molar-refractivity contribution in [3.05, 3.63) is 26.2 Å². The Labute approximate surface area is 159 Å². The van der Waals surface area contributed by atoms with Gasteiger partial charge in [-0.1, -0.05) is 24.0 Å². The third-order valence-corrected chi connectivity index (χ3v) is 5.27. The van der Waals surface area contributed by atoms with Crippen LogP contribution in [-0.2, 0) is 4.79 Å². The van der Waals surface area contributed by atoms with Crippen molar-refractivity contribution in [2.75, 3.05) is 13.7 Å². The number of ether oxygens (including phenoxy) is 2. The number of thiocarbonyl (C=S) groups is 1. The summed E-state index contributed by atoms with van der Waals surface area (Å²) >= 11 is 8.78. The summed E-state index contributed by atoms with van der Waals surface area (Å²) in [6.07, 6.45) is 1.91. The van der Waals surface area contributed by atoms with Crippen molar-refractivity contribution >= 4 is 62.9 Å². The molecule has 2 rings (SSSR count). The molecule has 1 aliphatic heterocycles. The van der Waals surface area contributed by atoms with E-state index in [-0.39, 0.29) is 12.0 Å². The van der Waals surface area contributed by atoms with Gasteiger partial charge in [-0.25, -0.2) is 0 Å². The molecule has 0 unspecified atom stereocenters. The lowest BCUT2D eigenvalue weighted by molar-refractivity contribution is -0.121. The predicted octanol–water partition coefficient (Wildman–Crippen LogP) is 4.31. The molecule has 4 nitrogen and oxygen atoms in total. The highest BCUT2D eigenvalue weighted by molar-refractivity contribution is 14.1. The Morgan fingerprint density at radius 1 is 1.43 bits per heavy atom. The summed E-state index contributed by atoms with van der Waals surface area (Å²) in [7, 11) is 1.61. The molecular weight excluding hydrogens is 445 g/mol. The van der Waals surface area contributed by atoms with E-state index in [4.69, 9.17) is 21.7 Å². The van der Waals surface area contributed by atoms with E-state index in [9.17, 15) is 4.79 Å². The van der Waals surface area contributed by atoms with Gasteiger partial charge >= 0.3 is 0 Å². The first kappa shape index (κ1) is 18.5. The number of hydrogen-bond acceptors (Lipinski definition) is 5. The Kier molecular flexibility index (Phi) is 6.33. The van der Waals surface area contributed by atoms with E-state index < -0.39 is 0 Å². The van der Waals surface area contributed by atoms with Crippen molar-refractivity contribution in [1.29, 1.82) is 0 Å². The second kappa shape index (κ2) is 7.85. The molecule has 0 bridgehead atoms. The molecule has 1 saturated heterocycles. The highest BCUT2D eigenvalue weighted by Gasteiger charge is 2.30. The average Bonchev–Trinajstić information content (AvgIpc) is 2.75. The summed E-state index contributed by atoms with van der Waals surface area (Å²) < 4.78 is 12.8. The van der Waals surface area contributed by atoms with Crippen LogP contribution in [0.4, 0.5) is 0 Å². The van der Waals surface area contributed by atoms with Crippen LogP contribution < -0.4 is 9.47 Å². The maximum Gasteiger partial charge on any atom is 0.266 e. The molecule has 23 heavy (non-hydrogen) atoms. The van der Waals surface area contributed by atoms with E-state index in [0.29, 0.717) is 21.5 Å². The molecule has 0 aromatic heterocycles. The van der Waals surface area contributed by atoms with Gasteiger partial charge in [0.15, 0.2) is 11.5 Å². The third-order valence-electron chi connectivity index (χ3n) is 3.09. The highest BCUT2D eigenvalue weighted by Crippen LogP contribution is 2.37. The quantitative estimate of drug-likeness (QED) is 0.370. The molecule has 0 radical (unpaired) electrons. The Balaban J connectivity index is 2.38. The van der Waals surface area contributed by atoms with E-state index >= 15 is 0 Å². The topological polar surface area (TPSA) is 38.8 Å². The first-order chi connectivity index (χ1) is 10.9. The van der Waals surface area contributed by atoms with Crippen LogP contribution >= 0.6 is 46.6 Å². The number of rotatable bonds is 5. The van der Waals surface area contributed by atoms with E-state index in [1.54, 1.807) is 12.0 Å². The van der Waals surface area contributed by atoms with Crippen molar-refractivity contribution in [3.63, 3.8) is 0 Å². The third kappa shape index (κ3) is 4.19. The van der Waals surface area contributed by atoms with Gasteiger partial charge in [0.1, 0.15) is 4.32 Å². The van der Waals surface area contributed by atoms with Crippen LogP contribution in [0.1, 0.15) is 26.3 Å². The maximum atomic E-state index is 12.3. The Morgan fingerprint density at radius 2 is 2.13 bits per heavy atom. The van der Waals surface area contributed by atoms with Gasteiger partial charge in [-0.05, 0) is 67.1 Å². The predicted molar refractivity (Wildman–Crippen MR) is 107 cm³/mol.